The molecule has 108 valence electrons. The van der Waals surface area contributed by atoms with Crippen molar-refractivity contribution in [1.82, 2.24) is 9.62 Å². The molecule has 4 nitrogen and oxygen atoms in total. The molecular formula is C12H18ClFN2O2S. The number of benzene rings is 1. The van der Waals surface area contributed by atoms with E-state index in [-0.39, 0.29) is 23.3 Å². The lowest BCUT2D eigenvalue weighted by molar-refractivity contribution is 0.300. The largest absolute Gasteiger partial charge is 0.315 e. The van der Waals surface area contributed by atoms with Crippen LogP contribution in [0.2, 0.25) is 0 Å². The Morgan fingerprint density at radius 3 is 2.47 bits per heavy atom. The molecule has 1 heterocycles. The Morgan fingerprint density at radius 1 is 1.32 bits per heavy atom. The smallest absolute Gasteiger partial charge is 0.243 e. The molecule has 0 aromatic heterocycles. The van der Waals surface area contributed by atoms with E-state index >= 15 is 0 Å². The highest BCUT2D eigenvalue weighted by Crippen LogP contribution is 2.19. The number of nitrogens with one attached hydrogen (secondary N) is 1. The van der Waals surface area contributed by atoms with Gasteiger partial charge in [-0.2, -0.15) is 4.31 Å². The van der Waals surface area contributed by atoms with Crippen molar-refractivity contribution in [2.24, 2.45) is 0 Å². The van der Waals surface area contributed by atoms with Crippen LogP contribution in [-0.2, 0) is 10.0 Å². The second kappa shape index (κ2) is 6.65. The molecule has 0 spiro atoms. The van der Waals surface area contributed by atoms with Gasteiger partial charge in [-0.3, -0.25) is 0 Å². The molecule has 1 unspecified atom stereocenters. The maximum Gasteiger partial charge on any atom is 0.243 e. The zero-order valence-corrected chi connectivity index (χ0v) is 12.3. The van der Waals surface area contributed by atoms with Crippen molar-refractivity contribution < 1.29 is 12.8 Å². The first kappa shape index (κ1) is 16.4. The van der Waals surface area contributed by atoms with Crippen molar-refractivity contribution in [3.8, 4) is 0 Å². The second-order valence-electron chi connectivity index (χ2n) is 4.48. The monoisotopic (exact) mass is 308 g/mol. The van der Waals surface area contributed by atoms with Gasteiger partial charge in [-0.1, -0.05) is 0 Å². The maximum absolute atomic E-state index is 12.8. The van der Waals surface area contributed by atoms with E-state index in [1.54, 1.807) is 7.05 Å². The molecule has 1 aliphatic rings. The molecular weight excluding hydrogens is 291 g/mol. The summed E-state index contributed by atoms with van der Waals surface area (Å²) in [5.41, 5.74) is 0. The van der Waals surface area contributed by atoms with Gasteiger partial charge >= 0.3 is 0 Å². The molecule has 1 aliphatic heterocycles. The molecule has 19 heavy (non-hydrogen) atoms. The molecule has 0 radical (unpaired) electrons. The van der Waals surface area contributed by atoms with Gasteiger partial charge in [0.2, 0.25) is 10.0 Å². The van der Waals surface area contributed by atoms with E-state index in [0.717, 1.165) is 19.4 Å². The number of rotatable bonds is 3. The molecule has 1 saturated heterocycles. The van der Waals surface area contributed by atoms with E-state index < -0.39 is 15.8 Å². The first-order valence-electron chi connectivity index (χ1n) is 5.96. The number of halogens is 2. The predicted molar refractivity (Wildman–Crippen MR) is 74.5 cm³/mol. The van der Waals surface area contributed by atoms with Crippen LogP contribution >= 0.6 is 12.4 Å². The van der Waals surface area contributed by atoms with E-state index in [0.29, 0.717) is 6.54 Å². The Hall–Kier alpha value is -0.690. The molecule has 1 aromatic rings. The quantitative estimate of drug-likeness (QED) is 0.923. The normalized spacial score (nSPS) is 20.1. The van der Waals surface area contributed by atoms with Crippen molar-refractivity contribution >= 4 is 22.4 Å². The molecule has 0 amide bonds. The minimum absolute atomic E-state index is 0. The lowest BCUT2D eigenvalue weighted by Crippen LogP contribution is -2.46. The van der Waals surface area contributed by atoms with E-state index in [1.807, 2.05) is 0 Å². The summed E-state index contributed by atoms with van der Waals surface area (Å²) in [5.74, 6) is -0.434. The highest BCUT2D eigenvalue weighted by molar-refractivity contribution is 7.89. The summed E-state index contributed by atoms with van der Waals surface area (Å²) in [5, 5.41) is 3.18. The SMILES string of the molecule is CN(C1CCCNC1)S(=O)(=O)c1ccc(F)cc1.Cl. The first-order chi connectivity index (χ1) is 8.51. The van der Waals surface area contributed by atoms with Crippen LogP contribution in [0.4, 0.5) is 4.39 Å². The van der Waals surface area contributed by atoms with E-state index in [9.17, 15) is 12.8 Å². The van der Waals surface area contributed by atoms with E-state index in [1.165, 1.54) is 28.6 Å². The second-order valence-corrected chi connectivity index (χ2v) is 6.47. The molecule has 0 saturated carbocycles. The highest BCUT2D eigenvalue weighted by atomic mass is 35.5. The summed E-state index contributed by atoms with van der Waals surface area (Å²) in [7, 11) is -1.95. The van der Waals surface area contributed by atoms with Crippen LogP contribution in [0.3, 0.4) is 0 Å². The Kier molecular flexibility index (Phi) is 5.73. The fraction of sp³-hybridized carbons (Fsp3) is 0.500. The summed E-state index contributed by atoms with van der Waals surface area (Å²) < 4.78 is 38.8. The summed E-state index contributed by atoms with van der Waals surface area (Å²) >= 11 is 0. The number of likely N-dealkylation sites (N-methyl/N-ethyl adjacent to an activating group) is 1. The number of piperidine rings is 1. The molecule has 1 aromatic carbocycles. The predicted octanol–water partition coefficient (Wildman–Crippen LogP) is 1.62. The van der Waals surface area contributed by atoms with Gasteiger partial charge in [-0.15, -0.1) is 12.4 Å². The third-order valence-electron chi connectivity index (χ3n) is 3.28. The molecule has 0 aliphatic carbocycles. The van der Waals surface area contributed by atoms with Gasteiger partial charge in [0.15, 0.2) is 0 Å². The van der Waals surface area contributed by atoms with Crippen molar-refractivity contribution in [2.75, 3.05) is 20.1 Å². The van der Waals surface area contributed by atoms with Gasteiger partial charge in [0.05, 0.1) is 4.90 Å². The summed E-state index contributed by atoms with van der Waals surface area (Å²) in [6.07, 6.45) is 1.82. The van der Waals surface area contributed by atoms with Crippen molar-refractivity contribution in [3.63, 3.8) is 0 Å². The summed E-state index contributed by atoms with van der Waals surface area (Å²) in [6, 6.07) is 4.91. The zero-order chi connectivity index (χ0) is 13.2. The summed E-state index contributed by atoms with van der Waals surface area (Å²) in [4.78, 5) is 0.136. The van der Waals surface area contributed by atoms with Crippen molar-refractivity contribution in [1.29, 1.82) is 0 Å². The van der Waals surface area contributed by atoms with Crippen LogP contribution in [0.15, 0.2) is 29.2 Å². The fourth-order valence-corrected chi connectivity index (χ4v) is 3.50. The standard InChI is InChI=1S/C12H17FN2O2S.ClH/c1-15(11-3-2-8-14-9-11)18(16,17)12-6-4-10(13)5-7-12;/h4-7,11,14H,2-3,8-9H2,1H3;1H. The van der Waals surface area contributed by atoms with Crippen molar-refractivity contribution in [3.05, 3.63) is 30.1 Å². The van der Waals surface area contributed by atoms with Gasteiger partial charge in [-0.05, 0) is 43.7 Å². The van der Waals surface area contributed by atoms with Crippen LogP contribution in [0.25, 0.3) is 0 Å². The maximum atomic E-state index is 12.8. The third-order valence-corrected chi connectivity index (χ3v) is 5.20. The Labute approximate surface area is 119 Å². The molecule has 1 fully saturated rings. The van der Waals surface area contributed by atoms with Crippen LogP contribution in [0.1, 0.15) is 12.8 Å². The number of hydrogen-bond acceptors (Lipinski definition) is 3. The molecule has 1 N–H and O–H groups in total. The number of hydrogen-bond donors (Lipinski definition) is 1. The Bertz CT molecular complexity index is 501. The summed E-state index contributed by atoms with van der Waals surface area (Å²) in [6.45, 7) is 1.60. The fourth-order valence-electron chi connectivity index (χ4n) is 2.11. The molecule has 2 rings (SSSR count). The van der Waals surface area contributed by atoms with Crippen molar-refractivity contribution in [2.45, 2.75) is 23.8 Å². The van der Waals surface area contributed by atoms with E-state index in [4.69, 9.17) is 0 Å². The molecule has 7 heteroatoms. The lowest BCUT2D eigenvalue weighted by Gasteiger charge is -2.30. The molecule has 0 bridgehead atoms. The first-order valence-corrected chi connectivity index (χ1v) is 7.40. The minimum Gasteiger partial charge on any atom is -0.315 e. The average Bonchev–Trinajstić information content (AvgIpc) is 2.39. The van der Waals surface area contributed by atoms with Gasteiger partial charge in [-0.25, -0.2) is 12.8 Å². The van der Waals surface area contributed by atoms with Gasteiger partial charge in [0.1, 0.15) is 5.82 Å². The topological polar surface area (TPSA) is 49.4 Å². The van der Waals surface area contributed by atoms with E-state index in [2.05, 4.69) is 5.32 Å². The van der Waals surface area contributed by atoms with Crippen LogP contribution in [-0.4, -0.2) is 38.9 Å². The number of sulfonamides is 1. The highest BCUT2D eigenvalue weighted by Gasteiger charge is 2.28. The van der Waals surface area contributed by atoms with Gasteiger partial charge < -0.3 is 5.32 Å². The molecule has 1 atom stereocenters. The average molecular weight is 309 g/mol. The minimum atomic E-state index is -3.53. The Morgan fingerprint density at radius 2 is 1.95 bits per heavy atom. The Balaban J connectivity index is 0.00000180. The lowest BCUT2D eigenvalue weighted by atomic mass is 10.1. The van der Waals surface area contributed by atoms with Gasteiger partial charge in [0, 0.05) is 19.6 Å². The number of nitrogens with zero attached hydrogens (tertiary/aromatic N) is 1. The zero-order valence-electron chi connectivity index (χ0n) is 10.7. The van der Waals surface area contributed by atoms with Crippen LogP contribution in [0, 0.1) is 5.82 Å². The van der Waals surface area contributed by atoms with Crippen LogP contribution < -0.4 is 5.32 Å². The van der Waals surface area contributed by atoms with Crippen LogP contribution in [0.5, 0.6) is 0 Å². The van der Waals surface area contributed by atoms with Gasteiger partial charge in [0.25, 0.3) is 0 Å². The third kappa shape index (κ3) is 3.66.